The van der Waals surface area contributed by atoms with Crippen molar-refractivity contribution in [3.63, 3.8) is 0 Å². The van der Waals surface area contributed by atoms with Gasteiger partial charge >= 0.3 is 0 Å². The number of aromatic nitrogens is 3. The summed E-state index contributed by atoms with van der Waals surface area (Å²) in [5.74, 6) is -0.239. The first-order valence-corrected chi connectivity index (χ1v) is 6.41. The Bertz CT molecular complexity index is 744. The molecule has 0 spiro atoms. The molecule has 0 bridgehead atoms. The van der Waals surface area contributed by atoms with Gasteiger partial charge in [0.15, 0.2) is 0 Å². The molecule has 0 saturated heterocycles. The predicted octanol–water partition coefficient (Wildman–Crippen LogP) is 2.79. The highest BCUT2D eigenvalue weighted by molar-refractivity contribution is 6.03. The van der Waals surface area contributed by atoms with Crippen molar-refractivity contribution in [2.24, 2.45) is 0 Å². The average molecular weight is 276 g/mol. The van der Waals surface area contributed by atoms with E-state index in [2.05, 4.69) is 20.3 Å². The lowest BCUT2D eigenvalue weighted by Gasteiger charge is -2.07. The van der Waals surface area contributed by atoms with E-state index in [1.807, 2.05) is 24.3 Å². The van der Waals surface area contributed by atoms with Gasteiger partial charge in [0.2, 0.25) is 0 Å². The van der Waals surface area contributed by atoms with Crippen molar-refractivity contribution in [3.05, 3.63) is 73.1 Å². The molecule has 1 amide bonds. The summed E-state index contributed by atoms with van der Waals surface area (Å²) >= 11 is 0. The molecule has 0 atom stereocenters. The van der Waals surface area contributed by atoms with E-state index in [1.165, 1.54) is 6.33 Å². The van der Waals surface area contributed by atoms with Gasteiger partial charge in [-0.1, -0.05) is 18.2 Å². The van der Waals surface area contributed by atoms with Crippen LogP contribution < -0.4 is 5.32 Å². The maximum atomic E-state index is 12.1. The fraction of sp³-hybridized carbons (Fsp3) is 0. The van der Waals surface area contributed by atoms with Crippen LogP contribution in [0.15, 0.2) is 67.4 Å². The predicted molar refractivity (Wildman–Crippen MR) is 79.7 cm³/mol. The first-order chi connectivity index (χ1) is 10.3. The van der Waals surface area contributed by atoms with Crippen LogP contribution in [0.4, 0.5) is 5.69 Å². The molecule has 3 rings (SSSR count). The third-order valence-corrected chi connectivity index (χ3v) is 2.91. The standard InChI is InChI=1S/C16H12N4O/c21-16(15-6-1-2-7-19-15)20-14-5-3-4-12(8-14)13-9-17-11-18-10-13/h1-11H,(H,20,21). The van der Waals surface area contributed by atoms with Crippen molar-refractivity contribution in [2.45, 2.75) is 0 Å². The summed E-state index contributed by atoms with van der Waals surface area (Å²) < 4.78 is 0. The Morgan fingerprint density at radius 2 is 1.81 bits per heavy atom. The first-order valence-electron chi connectivity index (χ1n) is 6.41. The monoisotopic (exact) mass is 276 g/mol. The van der Waals surface area contributed by atoms with Gasteiger partial charge in [-0.15, -0.1) is 0 Å². The number of rotatable bonds is 3. The Labute approximate surface area is 121 Å². The highest BCUT2D eigenvalue weighted by Crippen LogP contribution is 2.21. The Morgan fingerprint density at radius 1 is 0.952 bits per heavy atom. The Balaban J connectivity index is 1.83. The van der Waals surface area contributed by atoms with Gasteiger partial charge in [-0.25, -0.2) is 9.97 Å². The largest absolute Gasteiger partial charge is 0.321 e. The van der Waals surface area contributed by atoms with E-state index in [-0.39, 0.29) is 5.91 Å². The van der Waals surface area contributed by atoms with Gasteiger partial charge < -0.3 is 5.32 Å². The number of carbonyl (C=O) groups is 1. The van der Waals surface area contributed by atoms with Crippen molar-refractivity contribution >= 4 is 11.6 Å². The summed E-state index contributed by atoms with van der Waals surface area (Å²) in [7, 11) is 0. The molecule has 1 aromatic carbocycles. The van der Waals surface area contributed by atoms with Gasteiger partial charge in [0.1, 0.15) is 12.0 Å². The number of hydrogen-bond donors (Lipinski definition) is 1. The fourth-order valence-corrected chi connectivity index (χ4v) is 1.92. The van der Waals surface area contributed by atoms with Crippen LogP contribution in [0, 0.1) is 0 Å². The van der Waals surface area contributed by atoms with Crippen molar-refractivity contribution in [3.8, 4) is 11.1 Å². The molecule has 0 fully saturated rings. The number of anilines is 1. The minimum absolute atomic E-state index is 0.239. The second-order valence-corrected chi connectivity index (χ2v) is 4.38. The Morgan fingerprint density at radius 3 is 2.57 bits per heavy atom. The average Bonchev–Trinajstić information content (AvgIpc) is 2.57. The van der Waals surface area contributed by atoms with Crippen LogP contribution in [0.1, 0.15) is 10.5 Å². The third-order valence-electron chi connectivity index (χ3n) is 2.91. The van der Waals surface area contributed by atoms with Gasteiger partial charge in [0, 0.05) is 29.8 Å². The molecular weight excluding hydrogens is 264 g/mol. The van der Waals surface area contributed by atoms with Gasteiger partial charge in [0.05, 0.1) is 0 Å². The van der Waals surface area contributed by atoms with Crippen LogP contribution in [-0.4, -0.2) is 20.9 Å². The van der Waals surface area contributed by atoms with E-state index in [0.29, 0.717) is 11.4 Å². The Kier molecular flexibility index (Phi) is 3.64. The van der Waals surface area contributed by atoms with Crippen LogP contribution in [0.2, 0.25) is 0 Å². The zero-order chi connectivity index (χ0) is 14.5. The molecule has 3 aromatic rings. The van der Waals surface area contributed by atoms with Crippen LogP contribution in [0.5, 0.6) is 0 Å². The third kappa shape index (κ3) is 3.09. The van der Waals surface area contributed by atoms with Crippen LogP contribution in [0.3, 0.4) is 0 Å². The quantitative estimate of drug-likeness (QED) is 0.798. The van der Waals surface area contributed by atoms with E-state index in [4.69, 9.17) is 0 Å². The molecule has 2 heterocycles. The van der Waals surface area contributed by atoms with Crippen molar-refractivity contribution in [1.29, 1.82) is 0 Å². The van der Waals surface area contributed by atoms with E-state index >= 15 is 0 Å². The second-order valence-electron chi connectivity index (χ2n) is 4.38. The van der Waals surface area contributed by atoms with Crippen molar-refractivity contribution in [2.75, 3.05) is 5.32 Å². The van der Waals surface area contributed by atoms with Gasteiger partial charge in [-0.05, 0) is 29.8 Å². The van der Waals surface area contributed by atoms with Crippen LogP contribution >= 0.6 is 0 Å². The van der Waals surface area contributed by atoms with E-state index in [1.54, 1.807) is 36.8 Å². The lowest BCUT2D eigenvalue weighted by Crippen LogP contribution is -2.13. The van der Waals surface area contributed by atoms with Gasteiger partial charge in [-0.2, -0.15) is 0 Å². The van der Waals surface area contributed by atoms with Crippen molar-refractivity contribution in [1.82, 2.24) is 15.0 Å². The maximum Gasteiger partial charge on any atom is 0.274 e. The number of nitrogens with zero attached hydrogens (tertiary/aromatic N) is 3. The SMILES string of the molecule is O=C(Nc1cccc(-c2cncnc2)c1)c1ccccn1. The van der Waals surface area contributed by atoms with Crippen molar-refractivity contribution < 1.29 is 4.79 Å². The number of nitrogens with one attached hydrogen (secondary N) is 1. The second kappa shape index (κ2) is 5.92. The summed E-state index contributed by atoms with van der Waals surface area (Å²) in [5, 5.41) is 2.83. The summed E-state index contributed by atoms with van der Waals surface area (Å²) in [6.07, 6.45) is 6.53. The smallest absolute Gasteiger partial charge is 0.274 e. The van der Waals surface area contributed by atoms with Gasteiger partial charge in [-0.3, -0.25) is 9.78 Å². The highest BCUT2D eigenvalue weighted by Gasteiger charge is 2.07. The molecule has 21 heavy (non-hydrogen) atoms. The molecule has 0 aliphatic carbocycles. The fourth-order valence-electron chi connectivity index (χ4n) is 1.92. The first kappa shape index (κ1) is 12.9. The summed E-state index contributed by atoms with van der Waals surface area (Å²) in [6.45, 7) is 0. The summed E-state index contributed by atoms with van der Waals surface area (Å²) in [5.41, 5.74) is 2.92. The lowest BCUT2D eigenvalue weighted by molar-refractivity contribution is 0.102. The minimum Gasteiger partial charge on any atom is -0.321 e. The highest BCUT2D eigenvalue weighted by atomic mass is 16.1. The molecule has 5 nitrogen and oxygen atoms in total. The van der Waals surface area contributed by atoms with Crippen LogP contribution in [-0.2, 0) is 0 Å². The molecular formula is C16H12N4O. The number of pyridine rings is 1. The van der Waals surface area contributed by atoms with Gasteiger partial charge in [0.25, 0.3) is 5.91 Å². The molecule has 102 valence electrons. The lowest BCUT2D eigenvalue weighted by atomic mass is 10.1. The zero-order valence-corrected chi connectivity index (χ0v) is 11.1. The molecule has 0 aliphatic heterocycles. The number of benzene rings is 1. The van der Waals surface area contributed by atoms with E-state index in [9.17, 15) is 4.79 Å². The van der Waals surface area contributed by atoms with E-state index < -0.39 is 0 Å². The number of amides is 1. The van der Waals surface area contributed by atoms with Crippen LogP contribution in [0.25, 0.3) is 11.1 Å². The minimum atomic E-state index is -0.239. The molecule has 1 N–H and O–H groups in total. The Hall–Kier alpha value is -3.08. The molecule has 5 heteroatoms. The molecule has 0 unspecified atom stereocenters. The normalized spacial score (nSPS) is 10.1. The molecule has 0 radical (unpaired) electrons. The summed E-state index contributed by atoms with van der Waals surface area (Å²) in [6, 6.07) is 12.7. The number of hydrogen-bond acceptors (Lipinski definition) is 4. The molecule has 0 saturated carbocycles. The topological polar surface area (TPSA) is 67.8 Å². The maximum absolute atomic E-state index is 12.1. The van der Waals surface area contributed by atoms with E-state index in [0.717, 1.165) is 11.1 Å². The number of carbonyl (C=O) groups excluding carboxylic acids is 1. The molecule has 0 aliphatic rings. The zero-order valence-electron chi connectivity index (χ0n) is 11.1. The summed E-state index contributed by atoms with van der Waals surface area (Å²) in [4.78, 5) is 24.1. The molecule has 2 aromatic heterocycles.